The SMILES string of the molecule is CC(C)(C)c1coc(Nc2cccc(N)c2)n1. The van der Waals surface area contributed by atoms with E-state index in [1.165, 1.54) is 0 Å². The first kappa shape index (κ1) is 11.5. The molecule has 17 heavy (non-hydrogen) atoms. The summed E-state index contributed by atoms with van der Waals surface area (Å²) in [6.07, 6.45) is 1.68. The van der Waals surface area contributed by atoms with Crippen molar-refractivity contribution in [2.45, 2.75) is 26.2 Å². The van der Waals surface area contributed by atoms with Gasteiger partial charge in [-0.15, -0.1) is 0 Å². The second kappa shape index (κ2) is 4.13. The van der Waals surface area contributed by atoms with E-state index in [4.69, 9.17) is 10.2 Å². The highest BCUT2D eigenvalue weighted by Crippen LogP contribution is 2.24. The molecule has 0 amide bonds. The van der Waals surface area contributed by atoms with Crippen LogP contribution in [-0.4, -0.2) is 4.98 Å². The van der Waals surface area contributed by atoms with Crippen molar-refractivity contribution in [1.29, 1.82) is 0 Å². The van der Waals surface area contributed by atoms with Gasteiger partial charge < -0.3 is 15.5 Å². The summed E-state index contributed by atoms with van der Waals surface area (Å²) in [7, 11) is 0. The first-order chi connectivity index (χ1) is 7.95. The Morgan fingerprint density at radius 3 is 2.65 bits per heavy atom. The Hall–Kier alpha value is -1.97. The molecule has 4 nitrogen and oxygen atoms in total. The van der Waals surface area contributed by atoms with E-state index >= 15 is 0 Å². The first-order valence-corrected chi connectivity index (χ1v) is 5.54. The normalized spacial score (nSPS) is 11.5. The average Bonchev–Trinajstić information content (AvgIpc) is 2.65. The number of rotatable bonds is 2. The van der Waals surface area contributed by atoms with Crippen LogP contribution in [0.25, 0.3) is 0 Å². The topological polar surface area (TPSA) is 64.1 Å². The molecule has 0 unspecified atom stereocenters. The number of hydrogen-bond acceptors (Lipinski definition) is 4. The highest BCUT2D eigenvalue weighted by atomic mass is 16.4. The van der Waals surface area contributed by atoms with E-state index in [-0.39, 0.29) is 5.41 Å². The van der Waals surface area contributed by atoms with Crippen molar-refractivity contribution < 1.29 is 4.42 Å². The van der Waals surface area contributed by atoms with Crippen LogP contribution >= 0.6 is 0 Å². The van der Waals surface area contributed by atoms with E-state index in [0.29, 0.717) is 11.7 Å². The zero-order chi connectivity index (χ0) is 12.5. The minimum atomic E-state index is -0.0147. The molecular formula is C13H17N3O. The highest BCUT2D eigenvalue weighted by molar-refractivity contribution is 5.58. The summed E-state index contributed by atoms with van der Waals surface area (Å²) >= 11 is 0. The van der Waals surface area contributed by atoms with E-state index in [1.54, 1.807) is 6.26 Å². The second-order valence-corrected chi connectivity index (χ2v) is 5.04. The van der Waals surface area contributed by atoms with E-state index in [1.807, 2.05) is 24.3 Å². The quantitative estimate of drug-likeness (QED) is 0.778. The summed E-state index contributed by atoms with van der Waals surface area (Å²) in [6, 6.07) is 7.95. The summed E-state index contributed by atoms with van der Waals surface area (Å²) < 4.78 is 5.37. The third-order valence-corrected chi connectivity index (χ3v) is 2.41. The lowest BCUT2D eigenvalue weighted by molar-refractivity contribution is 0.545. The first-order valence-electron chi connectivity index (χ1n) is 5.54. The number of nitrogens with zero attached hydrogens (tertiary/aromatic N) is 1. The molecular weight excluding hydrogens is 214 g/mol. The van der Waals surface area contributed by atoms with Crippen LogP contribution in [0.5, 0.6) is 0 Å². The molecule has 4 heteroatoms. The Bertz CT molecular complexity index is 511. The molecule has 1 aromatic heterocycles. The van der Waals surface area contributed by atoms with E-state index < -0.39 is 0 Å². The van der Waals surface area contributed by atoms with Crippen LogP contribution < -0.4 is 11.1 Å². The summed E-state index contributed by atoms with van der Waals surface area (Å²) in [6.45, 7) is 6.28. The molecule has 1 aromatic carbocycles. The van der Waals surface area contributed by atoms with Crippen molar-refractivity contribution >= 4 is 17.4 Å². The van der Waals surface area contributed by atoms with Gasteiger partial charge in [-0.25, -0.2) is 0 Å². The molecule has 3 N–H and O–H groups in total. The predicted octanol–water partition coefficient (Wildman–Crippen LogP) is 3.30. The number of nitrogens with one attached hydrogen (secondary N) is 1. The molecule has 0 aliphatic carbocycles. The minimum Gasteiger partial charge on any atom is -0.432 e. The van der Waals surface area contributed by atoms with Crippen LogP contribution in [-0.2, 0) is 5.41 Å². The Morgan fingerprint density at radius 2 is 2.06 bits per heavy atom. The van der Waals surface area contributed by atoms with Gasteiger partial charge in [-0.2, -0.15) is 4.98 Å². The van der Waals surface area contributed by atoms with E-state index in [9.17, 15) is 0 Å². The maximum absolute atomic E-state index is 5.70. The van der Waals surface area contributed by atoms with Crippen molar-refractivity contribution in [3.8, 4) is 0 Å². The van der Waals surface area contributed by atoms with Crippen LogP contribution in [0.2, 0.25) is 0 Å². The van der Waals surface area contributed by atoms with Crippen LogP contribution in [0, 0.1) is 0 Å². The van der Waals surface area contributed by atoms with Gasteiger partial charge in [-0.3, -0.25) is 0 Å². The molecule has 0 aliphatic heterocycles. The molecule has 0 saturated heterocycles. The van der Waals surface area contributed by atoms with Gasteiger partial charge in [0.1, 0.15) is 6.26 Å². The molecule has 0 radical (unpaired) electrons. The van der Waals surface area contributed by atoms with Crippen LogP contribution in [0.3, 0.4) is 0 Å². The summed E-state index contributed by atoms with van der Waals surface area (Å²) in [5.74, 6) is 0. The summed E-state index contributed by atoms with van der Waals surface area (Å²) in [5.41, 5.74) is 8.18. The number of benzene rings is 1. The molecule has 2 rings (SSSR count). The lowest BCUT2D eigenvalue weighted by Crippen LogP contribution is -2.11. The fourth-order valence-electron chi connectivity index (χ4n) is 1.42. The third-order valence-electron chi connectivity index (χ3n) is 2.41. The van der Waals surface area contributed by atoms with Crippen molar-refractivity contribution in [2.24, 2.45) is 0 Å². The van der Waals surface area contributed by atoms with Gasteiger partial charge in [0.25, 0.3) is 6.01 Å². The zero-order valence-electron chi connectivity index (χ0n) is 10.3. The number of nitrogen functional groups attached to an aromatic ring is 1. The molecule has 90 valence electrons. The summed E-state index contributed by atoms with van der Waals surface area (Å²) in [5, 5.41) is 3.08. The maximum Gasteiger partial charge on any atom is 0.299 e. The maximum atomic E-state index is 5.70. The molecule has 0 atom stereocenters. The molecule has 0 fully saturated rings. The number of aromatic nitrogens is 1. The highest BCUT2D eigenvalue weighted by Gasteiger charge is 2.18. The number of anilines is 3. The number of hydrogen-bond donors (Lipinski definition) is 2. The van der Waals surface area contributed by atoms with Gasteiger partial charge in [0, 0.05) is 16.8 Å². The number of nitrogens with two attached hydrogens (primary N) is 1. The van der Waals surface area contributed by atoms with Crippen LogP contribution in [0.15, 0.2) is 34.9 Å². The second-order valence-electron chi connectivity index (χ2n) is 5.04. The van der Waals surface area contributed by atoms with Gasteiger partial charge in [-0.05, 0) is 18.2 Å². The molecule has 0 spiro atoms. The van der Waals surface area contributed by atoms with Crippen LogP contribution in [0.4, 0.5) is 17.4 Å². The Labute approximate surface area is 101 Å². The van der Waals surface area contributed by atoms with Gasteiger partial charge >= 0.3 is 0 Å². The third kappa shape index (κ3) is 2.78. The molecule has 2 aromatic rings. The predicted molar refractivity (Wildman–Crippen MR) is 69.3 cm³/mol. The fraction of sp³-hybridized carbons (Fsp3) is 0.308. The van der Waals surface area contributed by atoms with Crippen LogP contribution in [0.1, 0.15) is 26.5 Å². The standard InChI is InChI=1S/C13H17N3O/c1-13(2,3)11-8-17-12(16-11)15-10-6-4-5-9(14)7-10/h4-8H,14H2,1-3H3,(H,15,16). The van der Waals surface area contributed by atoms with Gasteiger partial charge in [0.15, 0.2) is 0 Å². The van der Waals surface area contributed by atoms with Crippen molar-refractivity contribution in [3.05, 3.63) is 36.2 Å². The van der Waals surface area contributed by atoms with Gasteiger partial charge in [0.2, 0.25) is 0 Å². The lowest BCUT2D eigenvalue weighted by Gasteiger charge is -2.12. The average molecular weight is 231 g/mol. The molecule has 1 heterocycles. The van der Waals surface area contributed by atoms with Crippen molar-refractivity contribution in [2.75, 3.05) is 11.1 Å². The lowest BCUT2D eigenvalue weighted by atomic mass is 9.93. The zero-order valence-corrected chi connectivity index (χ0v) is 10.3. The molecule has 0 bridgehead atoms. The van der Waals surface area contributed by atoms with Gasteiger partial charge in [-0.1, -0.05) is 26.8 Å². The van der Waals surface area contributed by atoms with E-state index in [0.717, 1.165) is 11.4 Å². The fourth-order valence-corrected chi connectivity index (χ4v) is 1.42. The minimum absolute atomic E-state index is 0.0147. The monoisotopic (exact) mass is 231 g/mol. The smallest absolute Gasteiger partial charge is 0.299 e. The summed E-state index contributed by atoms with van der Waals surface area (Å²) in [4.78, 5) is 4.39. The molecule has 0 saturated carbocycles. The number of oxazole rings is 1. The molecule has 0 aliphatic rings. The van der Waals surface area contributed by atoms with Crippen molar-refractivity contribution in [1.82, 2.24) is 4.98 Å². The Morgan fingerprint density at radius 1 is 1.29 bits per heavy atom. The Balaban J connectivity index is 2.17. The van der Waals surface area contributed by atoms with Crippen molar-refractivity contribution in [3.63, 3.8) is 0 Å². The Kier molecular flexibility index (Phi) is 2.79. The van der Waals surface area contributed by atoms with E-state index in [2.05, 4.69) is 31.1 Å². The largest absolute Gasteiger partial charge is 0.432 e. The van der Waals surface area contributed by atoms with Gasteiger partial charge in [0.05, 0.1) is 5.69 Å².